The molecule has 6 aliphatic rings. The van der Waals surface area contributed by atoms with Crippen molar-refractivity contribution in [2.75, 3.05) is 19.8 Å². The third-order valence-corrected chi connectivity index (χ3v) is 16.4. The molecule has 0 radical (unpaired) electrons. The lowest BCUT2D eigenvalue weighted by Gasteiger charge is -2.72. The Labute approximate surface area is 308 Å². The van der Waals surface area contributed by atoms with Gasteiger partial charge in [-0.05, 0) is 103 Å². The van der Waals surface area contributed by atoms with E-state index in [1.165, 1.54) is 5.57 Å². The normalized spacial score (nSPS) is 50.2. The van der Waals surface area contributed by atoms with Gasteiger partial charge >= 0.3 is 5.97 Å². The summed E-state index contributed by atoms with van der Waals surface area (Å²) in [5.41, 5.74) is -0.319. The summed E-state index contributed by atoms with van der Waals surface area (Å²) < 4.78 is 19.2. The van der Waals surface area contributed by atoms with Crippen molar-refractivity contribution < 1.29 is 49.6 Å². The standard InChI is InChI=1S/C42H62O10/c1-37(23-43)15-17-42(36(48)49)18-16-40(4)26(27(42)19-37)11-12-31-38(2)20-29(50-21-25-9-7-6-8-10-25)34(52-35-33(47)32(46)28(45)22-51-35)39(3,24-44)30(38)13-14-41(31,40)5/h6-11,27-35,43-47H,12-24H2,1-5H3,(H,48,49)/t27-,28+,29+,30-,31+,32-,33+,34+,35-,37-,38-,39-,40+,41+,42-/m0/s1. The minimum atomic E-state index is -1.47. The quantitative estimate of drug-likeness (QED) is 0.161. The van der Waals surface area contributed by atoms with Crippen LogP contribution in [0.3, 0.4) is 0 Å². The fourth-order valence-corrected chi connectivity index (χ4v) is 13.0. The highest BCUT2D eigenvalue weighted by Gasteiger charge is 2.71. The molecule has 7 rings (SSSR count). The molecule has 5 fully saturated rings. The van der Waals surface area contributed by atoms with E-state index in [9.17, 15) is 35.4 Å². The van der Waals surface area contributed by atoms with E-state index in [0.29, 0.717) is 38.7 Å². The first kappa shape index (κ1) is 38.4. The van der Waals surface area contributed by atoms with Gasteiger partial charge in [0.2, 0.25) is 0 Å². The van der Waals surface area contributed by atoms with Crippen LogP contribution in [0.15, 0.2) is 42.0 Å². The van der Waals surface area contributed by atoms with E-state index in [-0.39, 0.29) is 59.2 Å². The minimum absolute atomic E-state index is 0.0218. The van der Waals surface area contributed by atoms with Crippen LogP contribution in [-0.4, -0.2) is 93.2 Å². The van der Waals surface area contributed by atoms with Crippen LogP contribution in [0.5, 0.6) is 0 Å². The number of aliphatic carboxylic acids is 1. The topological polar surface area (TPSA) is 166 Å². The molecule has 0 spiro atoms. The summed E-state index contributed by atoms with van der Waals surface area (Å²) in [4.78, 5) is 13.1. The molecule has 0 aromatic heterocycles. The van der Waals surface area contributed by atoms with Gasteiger partial charge in [0, 0.05) is 12.0 Å². The van der Waals surface area contributed by atoms with E-state index in [1.807, 2.05) is 30.3 Å². The number of hydrogen-bond donors (Lipinski definition) is 6. The number of aliphatic hydroxyl groups excluding tert-OH is 5. The predicted octanol–water partition coefficient (Wildman–Crippen LogP) is 4.84. The molecule has 10 nitrogen and oxygen atoms in total. The fraction of sp³-hybridized carbons (Fsp3) is 0.786. The highest BCUT2D eigenvalue weighted by molar-refractivity contribution is 5.76. The maximum absolute atomic E-state index is 13.1. The van der Waals surface area contributed by atoms with Gasteiger partial charge in [-0.2, -0.15) is 0 Å². The van der Waals surface area contributed by atoms with Crippen molar-refractivity contribution in [3.05, 3.63) is 47.5 Å². The zero-order valence-electron chi connectivity index (χ0n) is 31.7. The molecule has 1 saturated heterocycles. The molecule has 0 bridgehead atoms. The Bertz CT molecular complexity index is 1520. The van der Waals surface area contributed by atoms with Gasteiger partial charge in [-0.15, -0.1) is 0 Å². The molecule has 15 atom stereocenters. The van der Waals surface area contributed by atoms with Crippen molar-refractivity contribution in [1.29, 1.82) is 0 Å². The summed E-state index contributed by atoms with van der Waals surface area (Å²) in [6.45, 7) is 11.4. The van der Waals surface area contributed by atoms with E-state index in [2.05, 4.69) is 40.7 Å². The SMILES string of the molecule is C[C@]1(CO)CC[C@]2(C(=O)O)CC[C@]3(C)C(=CC[C@@H]4[C@@]5(C)C[C@@H](OCc6ccccc6)[C@@H](O[C@@H]6OC[C@@H](O)[C@H](O)[C@H]6O)[C@@](C)(CO)[C@H]5CC[C@]43C)[C@@H]2C1. The van der Waals surface area contributed by atoms with Gasteiger partial charge in [-0.25, -0.2) is 0 Å². The summed E-state index contributed by atoms with van der Waals surface area (Å²) in [5, 5.41) is 64.3. The van der Waals surface area contributed by atoms with Crippen LogP contribution in [0.2, 0.25) is 0 Å². The minimum Gasteiger partial charge on any atom is -0.481 e. The lowest BCUT2D eigenvalue weighted by molar-refractivity contribution is -0.332. The number of rotatable bonds is 8. The molecule has 1 heterocycles. The van der Waals surface area contributed by atoms with Crippen molar-refractivity contribution in [3.63, 3.8) is 0 Å². The number of ether oxygens (including phenoxy) is 3. The van der Waals surface area contributed by atoms with Crippen molar-refractivity contribution in [3.8, 4) is 0 Å². The molecule has 52 heavy (non-hydrogen) atoms. The molecule has 1 aromatic carbocycles. The van der Waals surface area contributed by atoms with Gasteiger partial charge in [0.15, 0.2) is 6.29 Å². The van der Waals surface area contributed by atoms with E-state index >= 15 is 0 Å². The van der Waals surface area contributed by atoms with Gasteiger partial charge in [0.1, 0.15) is 18.3 Å². The first-order valence-corrected chi connectivity index (χ1v) is 19.6. The zero-order chi connectivity index (χ0) is 37.5. The number of carboxylic acids is 1. The molecule has 10 heteroatoms. The number of aliphatic hydroxyl groups is 5. The van der Waals surface area contributed by atoms with Crippen LogP contribution < -0.4 is 0 Å². The van der Waals surface area contributed by atoms with Crippen LogP contribution in [0, 0.1) is 50.2 Å². The lowest BCUT2D eigenvalue weighted by atomic mass is 9.33. The number of allylic oxidation sites excluding steroid dienone is 2. The molecule has 290 valence electrons. The molecular formula is C42H62O10. The van der Waals surface area contributed by atoms with Gasteiger partial charge in [-0.3, -0.25) is 4.79 Å². The van der Waals surface area contributed by atoms with E-state index in [0.717, 1.165) is 31.2 Å². The summed E-state index contributed by atoms with van der Waals surface area (Å²) >= 11 is 0. The number of carbonyl (C=O) groups is 1. The summed E-state index contributed by atoms with van der Waals surface area (Å²) in [6, 6.07) is 9.93. The average Bonchev–Trinajstić information content (AvgIpc) is 3.12. The first-order valence-electron chi connectivity index (χ1n) is 19.6. The second kappa shape index (κ2) is 13.4. The lowest BCUT2D eigenvalue weighted by Crippen LogP contribution is -2.69. The number of fused-ring (bicyclic) bond motifs is 7. The summed E-state index contributed by atoms with van der Waals surface area (Å²) in [5.74, 6) is -0.593. The largest absolute Gasteiger partial charge is 0.481 e. The Kier molecular flexibility index (Phi) is 9.89. The summed E-state index contributed by atoms with van der Waals surface area (Å²) in [6.07, 6.45) is 2.46. The Balaban J connectivity index is 1.27. The molecule has 0 unspecified atom stereocenters. The van der Waals surface area contributed by atoms with Crippen molar-refractivity contribution in [2.45, 2.75) is 136 Å². The molecule has 0 amide bonds. The molecule has 4 saturated carbocycles. The molecule has 1 aliphatic heterocycles. The first-order chi connectivity index (χ1) is 24.5. The van der Waals surface area contributed by atoms with Gasteiger partial charge in [0.25, 0.3) is 0 Å². The maximum atomic E-state index is 13.1. The Morgan fingerprint density at radius 1 is 0.885 bits per heavy atom. The summed E-state index contributed by atoms with van der Waals surface area (Å²) in [7, 11) is 0. The van der Waals surface area contributed by atoms with Crippen LogP contribution >= 0.6 is 0 Å². The van der Waals surface area contributed by atoms with Crippen molar-refractivity contribution >= 4 is 5.97 Å². The second-order valence-electron chi connectivity index (χ2n) is 19.0. The zero-order valence-corrected chi connectivity index (χ0v) is 31.7. The number of hydrogen-bond acceptors (Lipinski definition) is 9. The van der Waals surface area contributed by atoms with Crippen molar-refractivity contribution in [2.24, 2.45) is 50.2 Å². The fourth-order valence-electron chi connectivity index (χ4n) is 13.0. The number of benzene rings is 1. The highest BCUT2D eigenvalue weighted by Crippen LogP contribution is 2.76. The van der Waals surface area contributed by atoms with Crippen LogP contribution in [-0.2, 0) is 25.6 Å². The van der Waals surface area contributed by atoms with Gasteiger partial charge < -0.3 is 44.8 Å². The van der Waals surface area contributed by atoms with E-state index in [1.54, 1.807) is 0 Å². The number of carboxylic acid groups (broad SMARTS) is 1. The third kappa shape index (κ3) is 5.60. The Hall–Kier alpha value is -1.89. The monoisotopic (exact) mass is 726 g/mol. The molecule has 5 aliphatic carbocycles. The molecule has 6 N–H and O–H groups in total. The Morgan fingerprint density at radius 3 is 2.27 bits per heavy atom. The van der Waals surface area contributed by atoms with E-state index in [4.69, 9.17) is 14.2 Å². The van der Waals surface area contributed by atoms with Crippen LogP contribution in [0.4, 0.5) is 0 Å². The maximum Gasteiger partial charge on any atom is 0.310 e. The third-order valence-electron chi connectivity index (χ3n) is 16.4. The van der Waals surface area contributed by atoms with Gasteiger partial charge in [0.05, 0.1) is 37.4 Å². The van der Waals surface area contributed by atoms with Crippen LogP contribution in [0.25, 0.3) is 0 Å². The predicted molar refractivity (Wildman–Crippen MR) is 193 cm³/mol. The van der Waals surface area contributed by atoms with Crippen molar-refractivity contribution in [1.82, 2.24) is 0 Å². The molecule has 1 aromatic rings. The molecular weight excluding hydrogens is 664 g/mol. The second-order valence-corrected chi connectivity index (χ2v) is 19.0. The average molecular weight is 727 g/mol. The van der Waals surface area contributed by atoms with Crippen LogP contribution in [0.1, 0.15) is 98.0 Å². The Morgan fingerprint density at radius 2 is 1.60 bits per heavy atom. The highest BCUT2D eigenvalue weighted by atomic mass is 16.7. The smallest absolute Gasteiger partial charge is 0.310 e. The van der Waals surface area contributed by atoms with E-state index < -0.39 is 53.6 Å². The van der Waals surface area contributed by atoms with Gasteiger partial charge in [-0.1, -0.05) is 76.6 Å².